The highest BCUT2D eigenvalue weighted by Crippen LogP contribution is 2.46. The maximum absolute atomic E-state index is 11.4. The number of aromatic hydroxyl groups is 1. The fraction of sp³-hybridized carbons (Fsp3) is 0.458. The normalized spacial score (nSPS) is 18.3. The summed E-state index contributed by atoms with van der Waals surface area (Å²) in [6, 6.07) is 1.66. The Kier molecular flexibility index (Phi) is 7.11. The standard InChI is InChI=1S/C24H32O4/c1-16(2)9-7-10-17(3)11-8-13-24(6)14-12-20-21(27-19(5)25)15-18(4)22(26)23(20)28-24/h9,11-12,14-15,26H,7-8,10,13H2,1-6H3/b17-11+. The number of fused-ring (bicyclic) bond motifs is 1. The van der Waals surface area contributed by atoms with E-state index in [1.54, 1.807) is 13.0 Å². The molecule has 1 heterocycles. The molecule has 4 heteroatoms. The van der Waals surface area contributed by atoms with Crippen LogP contribution in [0.1, 0.15) is 71.4 Å². The van der Waals surface area contributed by atoms with Gasteiger partial charge in [-0.2, -0.15) is 0 Å². The van der Waals surface area contributed by atoms with Gasteiger partial charge in [0, 0.05) is 6.92 Å². The summed E-state index contributed by atoms with van der Waals surface area (Å²) in [5.41, 5.74) is 3.41. The van der Waals surface area contributed by atoms with Crippen LogP contribution in [-0.2, 0) is 4.79 Å². The van der Waals surface area contributed by atoms with Gasteiger partial charge in [-0.15, -0.1) is 0 Å². The van der Waals surface area contributed by atoms with Gasteiger partial charge in [0.1, 0.15) is 11.4 Å². The zero-order valence-electron chi connectivity index (χ0n) is 17.9. The van der Waals surface area contributed by atoms with Crippen molar-refractivity contribution in [3.63, 3.8) is 0 Å². The third-order valence-corrected chi connectivity index (χ3v) is 4.86. The van der Waals surface area contributed by atoms with Crippen LogP contribution < -0.4 is 9.47 Å². The summed E-state index contributed by atoms with van der Waals surface area (Å²) in [6.07, 6.45) is 12.2. The number of carbonyl (C=O) groups is 1. The molecule has 0 aromatic heterocycles. The second-order valence-corrected chi connectivity index (χ2v) is 8.03. The summed E-state index contributed by atoms with van der Waals surface area (Å²) in [7, 11) is 0. The van der Waals surface area contributed by atoms with Crippen molar-refractivity contribution in [1.29, 1.82) is 0 Å². The maximum Gasteiger partial charge on any atom is 0.308 e. The Morgan fingerprint density at radius 3 is 2.57 bits per heavy atom. The molecular formula is C24H32O4. The van der Waals surface area contributed by atoms with E-state index in [1.807, 2.05) is 19.1 Å². The molecule has 1 aromatic carbocycles. The number of esters is 1. The van der Waals surface area contributed by atoms with Gasteiger partial charge in [-0.05, 0) is 84.1 Å². The lowest BCUT2D eigenvalue weighted by Gasteiger charge is -2.32. The first-order valence-corrected chi connectivity index (χ1v) is 9.83. The average Bonchev–Trinajstić information content (AvgIpc) is 2.58. The minimum Gasteiger partial charge on any atom is -0.504 e. The van der Waals surface area contributed by atoms with Gasteiger partial charge in [0.15, 0.2) is 11.5 Å². The monoisotopic (exact) mass is 384 g/mol. The van der Waals surface area contributed by atoms with Crippen LogP contribution in [0.2, 0.25) is 0 Å². The molecule has 0 radical (unpaired) electrons. The third-order valence-electron chi connectivity index (χ3n) is 4.86. The summed E-state index contributed by atoms with van der Waals surface area (Å²) >= 11 is 0. The molecule has 1 aromatic rings. The molecule has 1 unspecified atom stereocenters. The number of carbonyl (C=O) groups excluding carboxylic acids is 1. The van der Waals surface area contributed by atoms with Crippen LogP contribution in [0, 0.1) is 6.92 Å². The average molecular weight is 385 g/mol. The molecule has 1 aliphatic heterocycles. The predicted octanol–water partition coefficient (Wildman–Crippen LogP) is 6.26. The van der Waals surface area contributed by atoms with Gasteiger partial charge in [-0.3, -0.25) is 4.79 Å². The molecule has 2 rings (SSSR count). The van der Waals surface area contributed by atoms with E-state index >= 15 is 0 Å². The molecule has 1 aliphatic rings. The Labute approximate surface area is 168 Å². The smallest absolute Gasteiger partial charge is 0.308 e. The number of hydrogen-bond donors (Lipinski definition) is 1. The number of ether oxygens (including phenoxy) is 2. The topological polar surface area (TPSA) is 55.8 Å². The van der Waals surface area contributed by atoms with Crippen LogP contribution in [0.15, 0.2) is 35.4 Å². The van der Waals surface area contributed by atoms with Crippen LogP contribution in [0.4, 0.5) is 0 Å². The minimum absolute atomic E-state index is 0.0925. The lowest BCUT2D eigenvalue weighted by Crippen LogP contribution is -2.32. The third kappa shape index (κ3) is 5.75. The van der Waals surface area contributed by atoms with Gasteiger partial charge in [-0.25, -0.2) is 0 Å². The number of phenolic OH excluding ortho intramolecular Hbond substituents is 1. The first-order chi connectivity index (χ1) is 13.1. The number of hydrogen-bond acceptors (Lipinski definition) is 4. The van der Waals surface area contributed by atoms with E-state index in [0.29, 0.717) is 22.6 Å². The molecule has 4 nitrogen and oxygen atoms in total. The number of phenols is 1. The SMILES string of the molecule is CC(=O)Oc1cc(C)c(O)c2c1C=CC(C)(CC/C=C(\C)CCC=C(C)C)O2. The van der Waals surface area contributed by atoms with Crippen LogP contribution in [0.3, 0.4) is 0 Å². The van der Waals surface area contributed by atoms with Crippen molar-refractivity contribution in [2.75, 3.05) is 0 Å². The van der Waals surface area contributed by atoms with Crippen LogP contribution >= 0.6 is 0 Å². The summed E-state index contributed by atoms with van der Waals surface area (Å²) < 4.78 is 11.5. The zero-order valence-corrected chi connectivity index (χ0v) is 17.9. The predicted molar refractivity (Wildman–Crippen MR) is 114 cm³/mol. The van der Waals surface area contributed by atoms with E-state index in [4.69, 9.17) is 9.47 Å². The second kappa shape index (κ2) is 9.13. The quantitative estimate of drug-likeness (QED) is 0.342. The van der Waals surface area contributed by atoms with Crippen molar-refractivity contribution in [3.8, 4) is 17.2 Å². The number of benzene rings is 1. The lowest BCUT2D eigenvalue weighted by molar-refractivity contribution is -0.131. The van der Waals surface area contributed by atoms with Crippen LogP contribution in [0.25, 0.3) is 6.08 Å². The van der Waals surface area contributed by atoms with Crippen molar-refractivity contribution >= 4 is 12.0 Å². The molecule has 0 fully saturated rings. The van der Waals surface area contributed by atoms with Gasteiger partial charge in [0.05, 0.1) is 5.56 Å². The van der Waals surface area contributed by atoms with Gasteiger partial charge in [0.2, 0.25) is 0 Å². The first-order valence-electron chi connectivity index (χ1n) is 9.83. The van der Waals surface area contributed by atoms with Crippen molar-refractivity contribution in [2.24, 2.45) is 0 Å². The number of allylic oxidation sites excluding steroid dienone is 4. The fourth-order valence-electron chi connectivity index (χ4n) is 3.22. The number of rotatable bonds is 7. The molecule has 0 aliphatic carbocycles. The van der Waals surface area contributed by atoms with Gasteiger partial charge in [0.25, 0.3) is 0 Å². The molecule has 1 N–H and O–H groups in total. The fourth-order valence-corrected chi connectivity index (χ4v) is 3.22. The molecule has 0 amide bonds. The lowest BCUT2D eigenvalue weighted by atomic mass is 9.93. The van der Waals surface area contributed by atoms with E-state index in [0.717, 1.165) is 25.7 Å². The van der Waals surface area contributed by atoms with Gasteiger partial charge < -0.3 is 14.6 Å². The van der Waals surface area contributed by atoms with E-state index < -0.39 is 11.6 Å². The van der Waals surface area contributed by atoms with Crippen LogP contribution in [-0.4, -0.2) is 16.7 Å². The molecule has 0 saturated carbocycles. The van der Waals surface area contributed by atoms with E-state index in [2.05, 4.69) is 32.9 Å². The van der Waals surface area contributed by atoms with Crippen molar-refractivity contribution in [2.45, 2.75) is 72.8 Å². The summed E-state index contributed by atoms with van der Waals surface area (Å²) in [4.78, 5) is 11.4. The van der Waals surface area contributed by atoms with E-state index in [1.165, 1.54) is 18.1 Å². The van der Waals surface area contributed by atoms with E-state index in [-0.39, 0.29) is 5.75 Å². The second-order valence-electron chi connectivity index (χ2n) is 8.03. The van der Waals surface area contributed by atoms with Gasteiger partial charge in [-0.1, -0.05) is 23.3 Å². The molecular weight excluding hydrogens is 352 g/mol. The van der Waals surface area contributed by atoms with E-state index in [9.17, 15) is 9.90 Å². The summed E-state index contributed by atoms with van der Waals surface area (Å²) in [6.45, 7) is 11.5. The Balaban J connectivity index is 2.11. The largest absolute Gasteiger partial charge is 0.504 e. The molecule has 0 spiro atoms. The van der Waals surface area contributed by atoms with Crippen molar-refractivity contribution in [3.05, 3.63) is 46.6 Å². The first kappa shape index (κ1) is 21.8. The molecule has 0 bridgehead atoms. The van der Waals surface area contributed by atoms with Crippen molar-refractivity contribution in [1.82, 2.24) is 0 Å². The summed E-state index contributed by atoms with van der Waals surface area (Å²) in [5, 5.41) is 10.5. The van der Waals surface area contributed by atoms with Gasteiger partial charge >= 0.3 is 5.97 Å². The van der Waals surface area contributed by atoms with Crippen molar-refractivity contribution < 1.29 is 19.4 Å². The summed E-state index contributed by atoms with van der Waals surface area (Å²) in [5.74, 6) is 0.481. The van der Waals surface area contributed by atoms with Crippen LogP contribution in [0.5, 0.6) is 17.2 Å². The molecule has 1 atom stereocenters. The molecule has 28 heavy (non-hydrogen) atoms. The Morgan fingerprint density at radius 2 is 1.93 bits per heavy atom. The zero-order chi connectivity index (χ0) is 20.9. The maximum atomic E-state index is 11.4. The number of aryl methyl sites for hydroxylation is 1. The Bertz CT molecular complexity index is 825. The highest BCUT2D eigenvalue weighted by molar-refractivity contribution is 5.77. The highest BCUT2D eigenvalue weighted by Gasteiger charge is 2.31. The highest BCUT2D eigenvalue weighted by atomic mass is 16.5. The Morgan fingerprint density at radius 1 is 1.21 bits per heavy atom. The molecule has 152 valence electrons. The minimum atomic E-state index is -0.525. The Hall–Kier alpha value is -2.49. The molecule has 0 saturated heterocycles.